The van der Waals surface area contributed by atoms with Gasteiger partial charge >= 0.3 is 6.61 Å². The molecule has 5 nitrogen and oxygen atoms in total. The summed E-state index contributed by atoms with van der Waals surface area (Å²) in [6.45, 7) is -1.07. The van der Waals surface area contributed by atoms with Gasteiger partial charge in [-0.1, -0.05) is 19.3 Å². The van der Waals surface area contributed by atoms with E-state index in [1.54, 1.807) is 6.20 Å². The zero-order chi connectivity index (χ0) is 20.1. The summed E-state index contributed by atoms with van der Waals surface area (Å²) in [5, 5.41) is 0. The molecule has 0 amide bonds. The van der Waals surface area contributed by atoms with Gasteiger partial charge in [0.15, 0.2) is 11.5 Å². The number of aromatic nitrogens is 1. The van der Waals surface area contributed by atoms with Gasteiger partial charge in [0.25, 0.3) is 5.91 Å². The topological polar surface area (TPSA) is 52.8 Å². The second kappa shape index (κ2) is 8.99. The van der Waals surface area contributed by atoms with Crippen LogP contribution in [-0.2, 0) is 0 Å². The van der Waals surface area contributed by atoms with Gasteiger partial charge < -0.3 is 9.47 Å². The van der Waals surface area contributed by atoms with E-state index in [9.17, 15) is 13.6 Å². The Kier molecular flexibility index (Phi) is 6.44. The molecule has 28 heavy (non-hydrogen) atoms. The van der Waals surface area contributed by atoms with Crippen molar-refractivity contribution in [2.45, 2.75) is 51.7 Å². The highest BCUT2D eigenvalue weighted by atomic mass is 19.3. The zero-order valence-corrected chi connectivity index (χ0v) is 16.0. The number of pyridine rings is 1. The molecule has 1 heterocycles. The van der Waals surface area contributed by atoms with Crippen LogP contribution in [0.25, 0.3) is 0 Å². The zero-order valence-electron chi connectivity index (χ0n) is 16.0. The summed E-state index contributed by atoms with van der Waals surface area (Å²) >= 11 is 0. The Bertz CT molecular complexity index is 903. The second-order valence-corrected chi connectivity index (χ2v) is 6.90. The lowest BCUT2D eigenvalue weighted by Gasteiger charge is -2.18. The van der Waals surface area contributed by atoms with Crippen LogP contribution < -0.4 is 15.0 Å². The van der Waals surface area contributed by atoms with E-state index in [-0.39, 0.29) is 29.0 Å². The molecule has 1 saturated carbocycles. The number of carbonyl (C=O) groups excluding carboxylic acids is 1. The first kappa shape index (κ1) is 20.0. The van der Waals surface area contributed by atoms with Crippen LogP contribution in [-0.4, -0.2) is 30.2 Å². The number of methoxy groups -OCH3 is 1. The lowest BCUT2D eigenvalue weighted by Crippen LogP contribution is -2.29. The van der Waals surface area contributed by atoms with Gasteiger partial charge in [0.2, 0.25) is 0 Å². The highest BCUT2D eigenvalue weighted by Crippen LogP contribution is 2.29. The van der Waals surface area contributed by atoms with Crippen molar-refractivity contribution in [3.8, 4) is 11.5 Å². The summed E-state index contributed by atoms with van der Waals surface area (Å²) in [4.78, 5) is 17.9. The molecule has 150 valence electrons. The third-order valence-electron chi connectivity index (χ3n) is 4.83. The van der Waals surface area contributed by atoms with Gasteiger partial charge in [-0.3, -0.25) is 14.4 Å². The Morgan fingerprint density at radius 2 is 1.89 bits per heavy atom. The molecular weight excluding hydrogens is 366 g/mol. The first-order valence-corrected chi connectivity index (χ1v) is 9.38. The number of carbonyl (C=O) groups is 1. The molecule has 0 unspecified atom stereocenters. The van der Waals surface area contributed by atoms with Gasteiger partial charge in [0, 0.05) is 11.8 Å². The number of halogens is 2. The van der Waals surface area contributed by atoms with Crippen LogP contribution in [0.5, 0.6) is 11.5 Å². The summed E-state index contributed by atoms with van der Waals surface area (Å²) in [5.41, 5.74) is 1.78. The summed E-state index contributed by atoms with van der Waals surface area (Å²) < 4.78 is 36.3. The van der Waals surface area contributed by atoms with E-state index < -0.39 is 6.61 Å². The number of nitrogens with zero attached hydrogens (tertiary/aromatic N) is 2. The minimum absolute atomic E-state index is 0.137. The van der Waals surface area contributed by atoms with Crippen molar-refractivity contribution in [3.63, 3.8) is 0 Å². The predicted molar refractivity (Wildman–Crippen MR) is 101 cm³/mol. The van der Waals surface area contributed by atoms with Crippen molar-refractivity contribution in [2.24, 2.45) is 4.99 Å². The molecule has 2 aromatic rings. The van der Waals surface area contributed by atoms with Crippen LogP contribution in [0.1, 0.15) is 48.0 Å². The molecule has 1 aliphatic carbocycles. The van der Waals surface area contributed by atoms with Gasteiger partial charge in [-0.2, -0.15) is 8.78 Å². The van der Waals surface area contributed by atoms with E-state index in [4.69, 9.17) is 9.73 Å². The number of aryl methyl sites for hydroxylation is 1. The minimum atomic E-state index is -3.01. The van der Waals surface area contributed by atoms with E-state index >= 15 is 0 Å². The molecule has 3 rings (SSSR count). The highest BCUT2D eigenvalue weighted by molar-refractivity contribution is 5.96. The average molecular weight is 390 g/mol. The standard InChI is InChI=1S/C21H24F2N2O3/c1-14-10-11-25(19(12-14)24-16-6-4-3-5-7-16)20(26)15-8-9-17(27-2)18(13-15)28-21(22)23/h8-13,16,21H,3-7H2,1-2H3. The fourth-order valence-electron chi connectivity index (χ4n) is 3.40. The van der Waals surface area contributed by atoms with Crippen molar-refractivity contribution in [1.29, 1.82) is 0 Å². The van der Waals surface area contributed by atoms with Crippen LogP contribution in [0, 0.1) is 6.92 Å². The molecule has 1 aliphatic rings. The largest absolute Gasteiger partial charge is 0.493 e. The molecule has 1 aromatic heterocycles. The molecule has 7 heteroatoms. The monoisotopic (exact) mass is 390 g/mol. The van der Waals surface area contributed by atoms with E-state index in [0.717, 1.165) is 31.2 Å². The average Bonchev–Trinajstić information content (AvgIpc) is 2.68. The Morgan fingerprint density at radius 1 is 1.14 bits per heavy atom. The lowest BCUT2D eigenvalue weighted by atomic mass is 9.96. The summed E-state index contributed by atoms with van der Waals surface area (Å²) in [5.74, 6) is -0.406. The van der Waals surface area contributed by atoms with Gasteiger partial charge in [0.05, 0.1) is 13.2 Å². The summed E-state index contributed by atoms with van der Waals surface area (Å²) in [6.07, 6.45) is 7.18. The van der Waals surface area contributed by atoms with E-state index in [1.807, 2.05) is 19.1 Å². The van der Waals surface area contributed by atoms with Crippen molar-refractivity contribution < 1.29 is 23.0 Å². The molecule has 1 fully saturated rings. The lowest BCUT2D eigenvalue weighted by molar-refractivity contribution is -0.0512. The molecule has 0 aliphatic heterocycles. The van der Waals surface area contributed by atoms with Crippen LogP contribution in [0.4, 0.5) is 8.78 Å². The first-order chi connectivity index (χ1) is 13.5. The van der Waals surface area contributed by atoms with Gasteiger partial charge in [0.1, 0.15) is 5.49 Å². The SMILES string of the molecule is COc1ccc(C(=O)n2ccc(C)cc2=NC2CCCCC2)cc1OC(F)F. The smallest absolute Gasteiger partial charge is 0.387 e. The van der Waals surface area contributed by atoms with Crippen LogP contribution >= 0.6 is 0 Å². The fraction of sp³-hybridized carbons (Fsp3) is 0.429. The number of alkyl halides is 2. The van der Waals surface area contributed by atoms with Crippen LogP contribution in [0.2, 0.25) is 0 Å². The third kappa shape index (κ3) is 4.77. The quantitative estimate of drug-likeness (QED) is 0.764. The molecule has 0 saturated heterocycles. The summed E-state index contributed by atoms with van der Waals surface area (Å²) in [6, 6.07) is 8.12. The molecular formula is C21H24F2N2O3. The Labute approximate surface area is 162 Å². The van der Waals surface area contributed by atoms with Gasteiger partial charge in [-0.05, 0) is 55.7 Å². The predicted octanol–water partition coefficient (Wildman–Crippen LogP) is 4.33. The van der Waals surface area contributed by atoms with E-state index in [0.29, 0.717) is 5.49 Å². The number of ether oxygens (including phenoxy) is 2. The van der Waals surface area contributed by atoms with Crippen molar-refractivity contribution in [2.75, 3.05) is 7.11 Å². The number of rotatable bonds is 5. The number of benzene rings is 1. The van der Waals surface area contributed by atoms with Crippen LogP contribution in [0.3, 0.4) is 0 Å². The third-order valence-corrected chi connectivity index (χ3v) is 4.83. The van der Waals surface area contributed by atoms with Gasteiger partial charge in [-0.25, -0.2) is 0 Å². The van der Waals surface area contributed by atoms with Gasteiger partial charge in [-0.15, -0.1) is 0 Å². The molecule has 1 aromatic carbocycles. The molecule has 0 spiro atoms. The second-order valence-electron chi connectivity index (χ2n) is 6.90. The van der Waals surface area contributed by atoms with E-state index in [1.165, 1.54) is 36.3 Å². The fourth-order valence-corrected chi connectivity index (χ4v) is 3.40. The van der Waals surface area contributed by atoms with Crippen molar-refractivity contribution in [3.05, 3.63) is 53.1 Å². The first-order valence-electron chi connectivity index (χ1n) is 9.38. The number of hydrogen-bond acceptors (Lipinski definition) is 4. The normalized spacial score (nSPS) is 15.7. The maximum absolute atomic E-state index is 13.1. The Hall–Kier alpha value is -2.70. The van der Waals surface area contributed by atoms with E-state index in [2.05, 4.69) is 4.74 Å². The maximum Gasteiger partial charge on any atom is 0.387 e. The Morgan fingerprint density at radius 3 is 2.57 bits per heavy atom. The Balaban J connectivity index is 1.99. The van der Waals surface area contributed by atoms with Crippen molar-refractivity contribution >= 4 is 5.91 Å². The summed E-state index contributed by atoms with van der Waals surface area (Å²) in [7, 11) is 1.35. The molecule has 0 atom stereocenters. The molecule has 0 radical (unpaired) electrons. The molecule has 0 N–H and O–H groups in total. The molecule has 0 bridgehead atoms. The maximum atomic E-state index is 13.1. The highest BCUT2D eigenvalue weighted by Gasteiger charge is 2.17. The van der Waals surface area contributed by atoms with Crippen LogP contribution in [0.15, 0.2) is 41.5 Å². The minimum Gasteiger partial charge on any atom is -0.493 e. The number of hydrogen-bond donors (Lipinski definition) is 0. The van der Waals surface area contributed by atoms with Crippen molar-refractivity contribution in [1.82, 2.24) is 4.57 Å².